The van der Waals surface area contributed by atoms with E-state index in [0.717, 1.165) is 30.8 Å². The van der Waals surface area contributed by atoms with E-state index >= 15 is 0 Å². The van der Waals surface area contributed by atoms with Crippen molar-refractivity contribution in [1.82, 2.24) is 0 Å². The van der Waals surface area contributed by atoms with Crippen LogP contribution in [0.15, 0.2) is 11.1 Å². The lowest BCUT2D eigenvalue weighted by molar-refractivity contribution is -0.220. The number of carbonyl (C=O) groups is 1. The van der Waals surface area contributed by atoms with Gasteiger partial charge in [-0.15, -0.1) is 0 Å². The SMILES string of the molecule is CC[C@@]1(C)CCC[C@@]2(C)C1CC[C@]1(C)C2C[C@@H](O)[C@]2(C)C3=C(CCC12)[C@H](C)OC3=O. The van der Waals surface area contributed by atoms with Crippen LogP contribution in [0.3, 0.4) is 0 Å². The van der Waals surface area contributed by atoms with E-state index < -0.39 is 11.5 Å². The molecule has 3 unspecified atom stereocenters. The number of hydrogen-bond donors (Lipinski definition) is 1. The van der Waals surface area contributed by atoms with Gasteiger partial charge in [0.25, 0.3) is 0 Å². The van der Waals surface area contributed by atoms with Crippen molar-refractivity contribution in [3.63, 3.8) is 0 Å². The minimum Gasteiger partial charge on any atom is -0.455 e. The molecule has 0 saturated heterocycles. The van der Waals surface area contributed by atoms with Gasteiger partial charge in [-0.2, -0.15) is 0 Å². The minimum absolute atomic E-state index is 0.111. The fourth-order valence-corrected chi connectivity index (χ4v) is 10.0. The molecule has 4 aliphatic carbocycles. The van der Waals surface area contributed by atoms with Crippen molar-refractivity contribution in [2.75, 3.05) is 0 Å². The first-order chi connectivity index (χ1) is 14.0. The fourth-order valence-electron chi connectivity index (χ4n) is 10.0. The zero-order valence-electron chi connectivity index (χ0n) is 20.0. The molecule has 1 N–H and O–H groups in total. The maximum Gasteiger partial charge on any atom is 0.335 e. The van der Waals surface area contributed by atoms with Gasteiger partial charge in [-0.3, -0.25) is 0 Å². The molecule has 168 valence electrons. The number of fused-ring (bicyclic) bond motifs is 6. The third kappa shape index (κ3) is 2.34. The zero-order valence-corrected chi connectivity index (χ0v) is 20.0. The molecule has 0 aromatic heterocycles. The summed E-state index contributed by atoms with van der Waals surface area (Å²) >= 11 is 0. The van der Waals surface area contributed by atoms with Crippen LogP contribution in [0.25, 0.3) is 0 Å². The number of aliphatic hydroxyl groups is 1. The molecular formula is C27H42O3. The van der Waals surface area contributed by atoms with Gasteiger partial charge in [0, 0.05) is 11.0 Å². The van der Waals surface area contributed by atoms with E-state index in [1.165, 1.54) is 44.1 Å². The van der Waals surface area contributed by atoms with E-state index in [2.05, 4.69) is 34.6 Å². The lowest BCUT2D eigenvalue weighted by Gasteiger charge is -2.70. The van der Waals surface area contributed by atoms with E-state index in [-0.39, 0.29) is 17.5 Å². The Bertz CT molecular complexity index is 800. The van der Waals surface area contributed by atoms with E-state index in [9.17, 15) is 9.90 Å². The highest BCUT2D eigenvalue weighted by molar-refractivity contribution is 5.94. The highest BCUT2D eigenvalue weighted by Crippen LogP contribution is 2.73. The fraction of sp³-hybridized carbons (Fsp3) is 0.889. The largest absolute Gasteiger partial charge is 0.455 e. The maximum absolute atomic E-state index is 12.9. The summed E-state index contributed by atoms with van der Waals surface area (Å²) in [5, 5.41) is 11.7. The summed E-state index contributed by atoms with van der Waals surface area (Å²) < 4.78 is 5.66. The van der Waals surface area contributed by atoms with Crippen molar-refractivity contribution in [3.05, 3.63) is 11.1 Å². The number of ether oxygens (including phenoxy) is 1. The van der Waals surface area contributed by atoms with Gasteiger partial charge in [0.15, 0.2) is 0 Å². The normalized spacial score (nSPS) is 55.3. The van der Waals surface area contributed by atoms with Crippen molar-refractivity contribution in [2.24, 2.45) is 39.4 Å². The van der Waals surface area contributed by atoms with Crippen LogP contribution >= 0.6 is 0 Å². The molecule has 0 amide bonds. The number of hydrogen-bond acceptors (Lipinski definition) is 3. The second kappa shape index (κ2) is 6.36. The van der Waals surface area contributed by atoms with Crippen molar-refractivity contribution in [3.8, 4) is 0 Å². The average molecular weight is 415 g/mol. The van der Waals surface area contributed by atoms with Crippen LogP contribution in [0.5, 0.6) is 0 Å². The van der Waals surface area contributed by atoms with Crippen LogP contribution in [-0.2, 0) is 9.53 Å². The van der Waals surface area contributed by atoms with E-state index in [1.807, 2.05) is 6.92 Å². The van der Waals surface area contributed by atoms with Crippen LogP contribution < -0.4 is 0 Å². The molecule has 3 nitrogen and oxygen atoms in total. The van der Waals surface area contributed by atoms with E-state index in [4.69, 9.17) is 4.74 Å². The molecule has 3 saturated carbocycles. The molecular weight excluding hydrogens is 372 g/mol. The molecule has 1 aliphatic heterocycles. The molecule has 0 radical (unpaired) electrons. The van der Waals surface area contributed by atoms with Gasteiger partial charge in [0.05, 0.1) is 6.10 Å². The molecule has 9 atom stereocenters. The predicted octanol–water partition coefficient (Wildman–Crippen LogP) is 6.05. The van der Waals surface area contributed by atoms with Gasteiger partial charge in [-0.05, 0) is 91.4 Å². The summed E-state index contributed by atoms with van der Waals surface area (Å²) in [5.41, 5.74) is 2.51. The summed E-state index contributed by atoms with van der Waals surface area (Å²) in [6.07, 6.45) is 10.1. The summed E-state index contributed by atoms with van der Waals surface area (Å²) in [6, 6.07) is 0. The topological polar surface area (TPSA) is 46.5 Å². The van der Waals surface area contributed by atoms with Gasteiger partial charge in [0.1, 0.15) is 6.10 Å². The smallest absolute Gasteiger partial charge is 0.335 e. The molecule has 5 aliphatic rings. The molecule has 30 heavy (non-hydrogen) atoms. The average Bonchev–Trinajstić information content (AvgIpc) is 2.98. The quantitative estimate of drug-likeness (QED) is 0.531. The van der Waals surface area contributed by atoms with Crippen molar-refractivity contribution in [1.29, 1.82) is 0 Å². The highest BCUT2D eigenvalue weighted by atomic mass is 16.5. The predicted molar refractivity (Wildman–Crippen MR) is 119 cm³/mol. The Morgan fingerprint density at radius 1 is 1.00 bits per heavy atom. The second-order valence-electron chi connectivity index (χ2n) is 12.6. The summed E-state index contributed by atoms with van der Waals surface area (Å²) in [7, 11) is 0. The van der Waals surface area contributed by atoms with Crippen LogP contribution in [-0.4, -0.2) is 23.3 Å². The van der Waals surface area contributed by atoms with Crippen LogP contribution in [0.2, 0.25) is 0 Å². The monoisotopic (exact) mass is 414 g/mol. The molecule has 0 aromatic rings. The lowest BCUT2D eigenvalue weighted by atomic mass is 9.35. The third-order valence-electron chi connectivity index (χ3n) is 11.7. The van der Waals surface area contributed by atoms with Crippen LogP contribution in [0.4, 0.5) is 0 Å². The van der Waals surface area contributed by atoms with Gasteiger partial charge < -0.3 is 9.84 Å². The van der Waals surface area contributed by atoms with Crippen LogP contribution in [0.1, 0.15) is 99.3 Å². The zero-order chi connectivity index (χ0) is 21.7. The Labute approximate surface area is 183 Å². The number of carbonyl (C=O) groups excluding carboxylic acids is 1. The number of rotatable bonds is 1. The van der Waals surface area contributed by atoms with Gasteiger partial charge in [-0.25, -0.2) is 4.79 Å². The van der Waals surface area contributed by atoms with Gasteiger partial charge in [0.2, 0.25) is 0 Å². The Hall–Kier alpha value is -0.830. The summed E-state index contributed by atoms with van der Waals surface area (Å²) in [5.74, 6) is 1.51. The second-order valence-corrected chi connectivity index (χ2v) is 12.6. The molecule has 3 fully saturated rings. The minimum atomic E-state index is -0.452. The van der Waals surface area contributed by atoms with Crippen molar-refractivity contribution >= 4 is 5.97 Å². The molecule has 0 bridgehead atoms. The number of aliphatic hydroxyl groups excluding tert-OH is 1. The Morgan fingerprint density at radius 3 is 2.40 bits per heavy atom. The molecule has 0 aromatic carbocycles. The maximum atomic E-state index is 12.9. The third-order valence-corrected chi connectivity index (χ3v) is 11.7. The molecule has 5 rings (SSSR count). The Kier molecular flexibility index (Phi) is 4.46. The van der Waals surface area contributed by atoms with Gasteiger partial charge >= 0.3 is 5.97 Å². The first kappa shape index (κ1) is 21.0. The molecule has 0 spiro atoms. The molecule has 3 heteroatoms. The van der Waals surface area contributed by atoms with E-state index in [1.54, 1.807) is 0 Å². The first-order valence-electron chi connectivity index (χ1n) is 12.6. The lowest BCUT2D eigenvalue weighted by Crippen LogP contribution is -2.65. The highest BCUT2D eigenvalue weighted by Gasteiger charge is 2.69. The summed E-state index contributed by atoms with van der Waals surface area (Å²) in [4.78, 5) is 12.9. The standard InChI is InChI=1S/C27H42O3/c1-7-24(3)12-8-13-25(4)18(24)11-14-26(5)19-10-9-17-16(2)30-23(29)22(17)27(19,6)21(28)15-20(25)26/h16,18-21,28H,7-15H2,1-6H3/t16-,18?,19?,20?,21+,24-,25-,26-,27+/m0/s1. The Balaban J connectivity index is 1.59. The van der Waals surface area contributed by atoms with Crippen molar-refractivity contribution < 1.29 is 14.6 Å². The first-order valence-corrected chi connectivity index (χ1v) is 12.6. The van der Waals surface area contributed by atoms with Gasteiger partial charge in [-0.1, -0.05) is 47.5 Å². The van der Waals surface area contributed by atoms with Crippen LogP contribution in [0, 0.1) is 39.4 Å². The van der Waals surface area contributed by atoms with Crippen molar-refractivity contribution in [2.45, 2.75) is 112 Å². The number of cyclic esters (lactones) is 1. The Morgan fingerprint density at radius 2 is 1.70 bits per heavy atom. The molecule has 1 heterocycles. The van der Waals surface area contributed by atoms with E-state index in [0.29, 0.717) is 22.7 Å². The summed E-state index contributed by atoms with van der Waals surface area (Å²) in [6.45, 7) is 14.2. The number of esters is 1.